The maximum absolute atomic E-state index is 12.8. The second kappa shape index (κ2) is 9.51. The molecule has 1 aromatic carbocycles. The number of ether oxygens (including phenoxy) is 3. The Morgan fingerprint density at radius 3 is 2.67 bits per heavy atom. The first-order chi connectivity index (χ1) is 14.6. The van der Waals surface area contributed by atoms with Gasteiger partial charge in [0.15, 0.2) is 0 Å². The smallest absolute Gasteiger partial charge is 0.254 e. The van der Waals surface area contributed by atoms with Crippen molar-refractivity contribution in [3.63, 3.8) is 0 Å². The molecule has 2 aromatic rings. The van der Waals surface area contributed by atoms with Crippen LogP contribution in [0.25, 0.3) is 0 Å². The van der Waals surface area contributed by atoms with Gasteiger partial charge < -0.3 is 18.8 Å². The van der Waals surface area contributed by atoms with Crippen LogP contribution >= 0.6 is 0 Å². The van der Waals surface area contributed by atoms with Crippen LogP contribution in [0.3, 0.4) is 0 Å². The fourth-order valence-corrected chi connectivity index (χ4v) is 3.68. The molecule has 158 valence electrons. The van der Waals surface area contributed by atoms with Gasteiger partial charge in [0.25, 0.3) is 5.56 Å². The molecule has 0 bridgehead atoms. The zero-order valence-corrected chi connectivity index (χ0v) is 17.7. The third kappa shape index (κ3) is 5.33. The Labute approximate surface area is 178 Å². The highest BCUT2D eigenvalue weighted by Gasteiger charge is 2.18. The SMILES string of the molecule is Cc1cc(OCC[C@H]2COCCO2)cc(=O)n1[C@@H](C)c1ccc(C#CC2CC2)cc1. The average molecular weight is 408 g/mol. The lowest BCUT2D eigenvalue weighted by Gasteiger charge is -2.23. The Kier molecular flexibility index (Phi) is 6.56. The van der Waals surface area contributed by atoms with Crippen LogP contribution < -0.4 is 10.3 Å². The maximum Gasteiger partial charge on any atom is 0.254 e. The van der Waals surface area contributed by atoms with E-state index in [1.165, 1.54) is 12.8 Å². The fraction of sp³-hybridized carbons (Fsp3) is 0.480. The number of hydrogen-bond acceptors (Lipinski definition) is 4. The Hall–Kier alpha value is -2.55. The number of aromatic nitrogens is 1. The first-order valence-corrected chi connectivity index (χ1v) is 10.8. The molecule has 0 spiro atoms. The minimum absolute atomic E-state index is 0.0626. The second-order valence-corrected chi connectivity index (χ2v) is 8.09. The van der Waals surface area contributed by atoms with Gasteiger partial charge in [0.2, 0.25) is 0 Å². The standard InChI is InChI=1S/C25H29NO4/c1-18-15-24(29-12-11-23-17-28-13-14-30-23)16-25(27)26(18)19(2)22-9-7-21(8-10-22)6-5-20-3-4-20/h7-10,15-16,19-20,23H,3-4,11-14,17H2,1-2H3/t19-,23-/m0/s1. The average Bonchev–Trinajstić information content (AvgIpc) is 3.57. The molecule has 0 radical (unpaired) electrons. The van der Waals surface area contributed by atoms with Gasteiger partial charge in [0.05, 0.1) is 38.6 Å². The van der Waals surface area contributed by atoms with Gasteiger partial charge in [0, 0.05) is 29.7 Å². The van der Waals surface area contributed by atoms with Crippen molar-refractivity contribution in [2.24, 2.45) is 5.92 Å². The Morgan fingerprint density at radius 2 is 2.00 bits per heavy atom. The van der Waals surface area contributed by atoms with E-state index in [1.54, 1.807) is 10.6 Å². The monoisotopic (exact) mass is 407 g/mol. The van der Waals surface area contributed by atoms with Gasteiger partial charge in [-0.2, -0.15) is 0 Å². The van der Waals surface area contributed by atoms with E-state index in [2.05, 4.69) is 24.0 Å². The molecule has 2 atom stereocenters. The first kappa shape index (κ1) is 20.7. The van der Waals surface area contributed by atoms with Crippen LogP contribution in [0, 0.1) is 24.7 Å². The molecule has 0 N–H and O–H groups in total. The summed E-state index contributed by atoms with van der Waals surface area (Å²) in [7, 11) is 0. The van der Waals surface area contributed by atoms with Crippen LogP contribution in [0.2, 0.25) is 0 Å². The summed E-state index contributed by atoms with van der Waals surface area (Å²) < 4.78 is 18.6. The van der Waals surface area contributed by atoms with E-state index in [0.717, 1.165) is 23.2 Å². The number of pyridine rings is 1. The van der Waals surface area contributed by atoms with E-state index in [0.29, 0.717) is 38.1 Å². The fourth-order valence-electron chi connectivity index (χ4n) is 3.68. The summed E-state index contributed by atoms with van der Waals surface area (Å²) in [5.41, 5.74) is 2.92. The number of nitrogens with zero attached hydrogens (tertiary/aromatic N) is 1. The van der Waals surface area contributed by atoms with Crippen molar-refractivity contribution in [3.05, 3.63) is 63.6 Å². The molecular formula is C25H29NO4. The molecule has 1 aliphatic heterocycles. The molecule has 5 nitrogen and oxygen atoms in total. The molecule has 2 aliphatic rings. The summed E-state index contributed by atoms with van der Waals surface area (Å²) in [6.07, 6.45) is 3.27. The quantitative estimate of drug-likeness (QED) is 0.685. The van der Waals surface area contributed by atoms with Crippen molar-refractivity contribution in [1.29, 1.82) is 0 Å². The van der Waals surface area contributed by atoms with Gasteiger partial charge in [-0.15, -0.1) is 0 Å². The summed E-state index contributed by atoms with van der Waals surface area (Å²) in [5, 5.41) is 0. The summed E-state index contributed by atoms with van der Waals surface area (Å²) in [6, 6.07) is 11.6. The summed E-state index contributed by atoms with van der Waals surface area (Å²) in [6.45, 7) is 6.37. The largest absolute Gasteiger partial charge is 0.493 e. The maximum atomic E-state index is 12.8. The molecule has 0 amide bonds. The van der Waals surface area contributed by atoms with E-state index < -0.39 is 0 Å². The lowest BCUT2D eigenvalue weighted by Crippen LogP contribution is -2.30. The van der Waals surface area contributed by atoms with Crippen molar-refractivity contribution >= 4 is 0 Å². The van der Waals surface area contributed by atoms with Crippen molar-refractivity contribution in [1.82, 2.24) is 4.57 Å². The number of benzene rings is 1. The molecule has 0 unspecified atom stereocenters. The Balaban J connectivity index is 1.40. The molecule has 1 saturated carbocycles. The number of rotatable bonds is 6. The van der Waals surface area contributed by atoms with Gasteiger partial charge in [-0.05, 0) is 50.5 Å². The lowest BCUT2D eigenvalue weighted by molar-refractivity contribution is -0.0935. The number of hydrogen-bond donors (Lipinski definition) is 0. The molecule has 2 fully saturated rings. The predicted octanol–water partition coefficient (Wildman–Crippen LogP) is 3.71. The van der Waals surface area contributed by atoms with Crippen molar-refractivity contribution in [2.45, 2.75) is 45.3 Å². The van der Waals surface area contributed by atoms with Gasteiger partial charge in [0.1, 0.15) is 5.75 Å². The van der Waals surface area contributed by atoms with Gasteiger partial charge in [-0.1, -0.05) is 24.0 Å². The molecule has 1 aliphatic carbocycles. The van der Waals surface area contributed by atoms with E-state index in [-0.39, 0.29) is 17.7 Å². The minimum Gasteiger partial charge on any atom is -0.493 e. The molecule has 5 heteroatoms. The van der Waals surface area contributed by atoms with E-state index in [4.69, 9.17) is 14.2 Å². The third-order valence-corrected chi connectivity index (χ3v) is 5.61. The Bertz CT molecular complexity index is 973. The van der Waals surface area contributed by atoms with Crippen LogP contribution in [0.5, 0.6) is 5.75 Å². The summed E-state index contributed by atoms with van der Waals surface area (Å²) in [4.78, 5) is 12.8. The number of aryl methyl sites for hydroxylation is 1. The van der Waals surface area contributed by atoms with E-state index >= 15 is 0 Å². The van der Waals surface area contributed by atoms with Crippen LogP contribution in [0.4, 0.5) is 0 Å². The minimum atomic E-state index is -0.0650. The molecule has 2 heterocycles. The van der Waals surface area contributed by atoms with Gasteiger partial charge >= 0.3 is 0 Å². The van der Waals surface area contributed by atoms with Crippen LogP contribution in [0.15, 0.2) is 41.2 Å². The zero-order valence-electron chi connectivity index (χ0n) is 17.7. The molecule has 1 saturated heterocycles. The van der Waals surface area contributed by atoms with Gasteiger partial charge in [-0.3, -0.25) is 4.79 Å². The van der Waals surface area contributed by atoms with Crippen molar-refractivity contribution in [3.8, 4) is 17.6 Å². The van der Waals surface area contributed by atoms with E-state index in [1.807, 2.05) is 32.0 Å². The van der Waals surface area contributed by atoms with Gasteiger partial charge in [-0.25, -0.2) is 0 Å². The van der Waals surface area contributed by atoms with E-state index in [9.17, 15) is 4.79 Å². The molecule has 1 aromatic heterocycles. The highest BCUT2D eigenvalue weighted by atomic mass is 16.6. The lowest BCUT2D eigenvalue weighted by atomic mass is 10.1. The normalized spacial score (nSPS) is 19.6. The van der Waals surface area contributed by atoms with Crippen LogP contribution in [-0.4, -0.2) is 37.1 Å². The topological polar surface area (TPSA) is 49.7 Å². The van der Waals surface area contributed by atoms with Crippen LogP contribution in [0.1, 0.15) is 49.0 Å². The molecular weight excluding hydrogens is 378 g/mol. The van der Waals surface area contributed by atoms with Crippen molar-refractivity contribution < 1.29 is 14.2 Å². The van der Waals surface area contributed by atoms with Crippen molar-refractivity contribution in [2.75, 3.05) is 26.4 Å². The van der Waals surface area contributed by atoms with Crippen LogP contribution in [-0.2, 0) is 9.47 Å². The highest BCUT2D eigenvalue weighted by Crippen LogP contribution is 2.27. The third-order valence-electron chi connectivity index (χ3n) is 5.61. The predicted molar refractivity (Wildman–Crippen MR) is 116 cm³/mol. The zero-order chi connectivity index (χ0) is 20.9. The second-order valence-electron chi connectivity index (χ2n) is 8.09. The first-order valence-electron chi connectivity index (χ1n) is 10.8. The highest BCUT2D eigenvalue weighted by molar-refractivity contribution is 5.38. The molecule has 30 heavy (non-hydrogen) atoms. The Morgan fingerprint density at radius 1 is 1.20 bits per heavy atom. The molecule has 4 rings (SSSR count). The summed E-state index contributed by atoms with van der Waals surface area (Å²) in [5.74, 6) is 7.71. The summed E-state index contributed by atoms with van der Waals surface area (Å²) >= 11 is 0.